The van der Waals surface area contributed by atoms with Crippen molar-refractivity contribution in [3.8, 4) is 11.8 Å². The van der Waals surface area contributed by atoms with Gasteiger partial charge in [0.1, 0.15) is 5.75 Å². The molecule has 1 aromatic carbocycles. The number of carbonyl (C=O) groups excluding carboxylic acids is 1. The molecule has 1 spiro atoms. The highest BCUT2D eigenvalue weighted by atomic mass is 16.5. The average Bonchev–Trinajstić information content (AvgIpc) is 2.99. The number of hydrogen-bond acceptors (Lipinski definition) is 6. The van der Waals surface area contributed by atoms with Gasteiger partial charge in [-0.05, 0) is 25.0 Å². The van der Waals surface area contributed by atoms with E-state index >= 15 is 0 Å². The first-order valence-electron chi connectivity index (χ1n) is 10.6. The van der Waals surface area contributed by atoms with Crippen LogP contribution in [-0.4, -0.2) is 55.6 Å². The minimum Gasteiger partial charge on any atom is -0.495 e. The number of piperazine rings is 1. The molecule has 7 heteroatoms. The third-order valence-electron chi connectivity index (χ3n) is 6.47. The molecule has 1 saturated carbocycles. The number of carbonyl (C=O) groups is 1. The Balaban J connectivity index is 1.52. The summed E-state index contributed by atoms with van der Waals surface area (Å²) in [6, 6.07) is 10.3. The van der Waals surface area contributed by atoms with Crippen LogP contribution in [0.5, 0.6) is 5.75 Å². The summed E-state index contributed by atoms with van der Waals surface area (Å²) in [5, 5.41) is 12.6. The Hall–Kier alpha value is -2.75. The Morgan fingerprint density at radius 2 is 1.76 bits per heavy atom. The van der Waals surface area contributed by atoms with Gasteiger partial charge < -0.3 is 14.5 Å². The second-order valence-corrected chi connectivity index (χ2v) is 8.15. The predicted octanol–water partition coefficient (Wildman–Crippen LogP) is 2.54. The van der Waals surface area contributed by atoms with E-state index in [0.29, 0.717) is 5.96 Å². The van der Waals surface area contributed by atoms with Crippen molar-refractivity contribution in [1.29, 1.82) is 5.26 Å². The fraction of sp³-hybridized carbons (Fsp3) is 0.591. The van der Waals surface area contributed by atoms with Crippen molar-refractivity contribution < 1.29 is 9.53 Å². The number of hydrogen-bond donors (Lipinski definition) is 1. The van der Waals surface area contributed by atoms with Crippen LogP contribution in [0.1, 0.15) is 38.5 Å². The number of ether oxygens (including phenoxy) is 1. The number of para-hydroxylation sites is 2. The van der Waals surface area contributed by atoms with Crippen molar-refractivity contribution in [2.45, 2.75) is 44.1 Å². The van der Waals surface area contributed by atoms with E-state index in [-0.39, 0.29) is 5.91 Å². The summed E-state index contributed by atoms with van der Waals surface area (Å²) in [4.78, 5) is 22.3. The molecule has 1 aromatic rings. The van der Waals surface area contributed by atoms with E-state index in [1.54, 1.807) is 7.11 Å². The number of benzene rings is 1. The van der Waals surface area contributed by atoms with E-state index in [9.17, 15) is 10.1 Å². The van der Waals surface area contributed by atoms with Crippen LogP contribution < -0.4 is 15.0 Å². The zero-order valence-corrected chi connectivity index (χ0v) is 17.1. The number of anilines is 1. The van der Waals surface area contributed by atoms with Crippen molar-refractivity contribution >= 4 is 17.6 Å². The molecule has 154 valence electrons. The van der Waals surface area contributed by atoms with Crippen LogP contribution in [0.25, 0.3) is 0 Å². The lowest BCUT2D eigenvalue weighted by Crippen LogP contribution is -2.60. The maximum absolute atomic E-state index is 12.8. The summed E-state index contributed by atoms with van der Waals surface area (Å²) in [7, 11) is 1.69. The average molecular weight is 396 g/mol. The predicted molar refractivity (Wildman–Crippen MR) is 112 cm³/mol. The lowest BCUT2D eigenvalue weighted by Gasteiger charge is -2.42. The van der Waals surface area contributed by atoms with Gasteiger partial charge in [0.05, 0.1) is 24.4 Å². The van der Waals surface area contributed by atoms with Gasteiger partial charge in [-0.1, -0.05) is 37.8 Å². The van der Waals surface area contributed by atoms with Crippen LogP contribution in [0.4, 0.5) is 5.69 Å². The molecule has 1 aliphatic carbocycles. The van der Waals surface area contributed by atoms with Gasteiger partial charge >= 0.3 is 0 Å². The molecule has 1 saturated heterocycles. The molecule has 0 bridgehead atoms. The summed E-state index contributed by atoms with van der Waals surface area (Å²) in [6.07, 6.45) is 6.02. The SMILES string of the molecule is COc1ccccc1N1CCN(C2=NC3(CCCCCC3)C(C#N)C(=O)N2)CC1. The third-order valence-corrected chi connectivity index (χ3v) is 6.47. The highest BCUT2D eigenvalue weighted by molar-refractivity contribution is 6.02. The number of aliphatic imine (C=N–C) groups is 1. The maximum atomic E-state index is 12.8. The van der Waals surface area contributed by atoms with Gasteiger partial charge in [0.2, 0.25) is 11.9 Å². The molecule has 29 heavy (non-hydrogen) atoms. The first-order chi connectivity index (χ1) is 14.2. The number of rotatable bonds is 2. The van der Waals surface area contributed by atoms with Gasteiger partial charge in [-0.25, -0.2) is 4.99 Å². The number of nitrogens with zero attached hydrogens (tertiary/aromatic N) is 4. The Bertz CT molecular complexity index is 815. The van der Waals surface area contributed by atoms with Crippen molar-refractivity contribution in [1.82, 2.24) is 10.2 Å². The molecule has 3 aliphatic rings. The van der Waals surface area contributed by atoms with Gasteiger partial charge in [0.15, 0.2) is 5.92 Å². The molecule has 1 amide bonds. The monoisotopic (exact) mass is 395 g/mol. The van der Waals surface area contributed by atoms with E-state index in [4.69, 9.17) is 9.73 Å². The van der Waals surface area contributed by atoms with Crippen molar-refractivity contribution in [2.24, 2.45) is 10.9 Å². The summed E-state index contributed by atoms with van der Waals surface area (Å²) in [5.74, 6) is 0.660. The second kappa shape index (κ2) is 8.32. The molecule has 1 atom stereocenters. The van der Waals surface area contributed by atoms with Crippen LogP contribution >= 0.6 is 0 Å². The van der Waals surface area contributed by atoms with Gasteiger partial charge in [-0.15, -0.1) is 0 Å². The van der Waals surface area contributed by atoms with Crippen LogP contribution in [0.3, 0.4) is 0 Å². The molecule has 2 aliphatic heterocycles. The van der Waals surface area contributed by atoms with Crippen molar-refractivity contribution in [2.75, 3.05) is 38.2 Å². The zero-order chi connectivity index (χ0) is 20.3. The number of methoxy groups -OCH3 is 1. The van der Waals surface area contributed by atoms with E-state index in [1.807, 2.05) is 18.2 Å². The number of nitrogens with one attached hydrogen (secondary N) is 1. The highest BCUT2D eigenvalue weighted by Gasteiger charge is 2.47. The fourth-order valence-electron chi connectivity index (χ4n) is 4.85. The van der Waals surface area contributed by atoms with E-state index in [0.717, 1.165) is 76.1 Å². The summed E-state index contributed by atoms with van der Waals surface area (Å²) >= 11 is 0. The maximum Gasteiger partial charge on any atom is 0.246 e. The second-order valence-electron chi connectivity index (χ2n) is 8.15. The van der Waals surface area contributed by atoms with Crippen LogP contribution in [-0.2, 0) is 4.79 Å². The molecule has 0 aromatic heterocycles. The normalized spacial score (nSPS) is 24.3. The zero-order valence-electron chi connectivity index (χ0n) is 17.1. The number of amides is 1. The largest absolute Gasteiger partial charge is 0.495 e. The molecule has 2 fully saturated rings. The molecule has 2 heterocycles. The first kappa shape index (κ1) is 19.6. The highest BCUT2D eigenvalue weighted by Crippen LogP contribution is 2.39. The first-order valence-corrected chi connectivity index (χ1v) is 10.6. The Morgan fingerprint density at radius 1 is 1.10 bits per heavy atom. The lowest BCUT2D eigenvalue weighted by atomic mass is 9.77. The standard InChI is InChI=1S/C22H29N5O2/c1-29-19-9-5-4-8-18(19)26-12-14-27(15-13-26)21-24-20(28)17(16-23)22(25-21)10-6-2-3-7-11-22/h4-5,8-9,17H,2-3,6-7,10-15H2,1H3,(H,24,25,28). The van der Waals surface area contributed by atoms with E-state index in [1.165, 1.54) is 0 Å². The summed E-state index contributed by atoms with van der Waals surface area (Å²) in [6.45, 7) is 3.18. The third kappa shape index (κ3) is 3.76. The quantitative estimate of drug-likeness (QED) is 0.832. The summed E-state index contributed by atoms with van der Waals surface area (Å²) in [5.41, 5.74) is 0.539. The Kier molecular flexibility index (Phi) is 5.61. The van der Waals surface area contributed by atoms with Crippen molar-refractivity contribution in [3.63, 3.8) is 0 Å². The lowest BCUT2D eigenvalue weighted by molar-refractivity contribution is -0.124. The molecular formula is C22H29N5O2. The Morgan fingerprint density at radius 3 is 2.41 bits per heavy atom. The van der Waals surface area contributed by atoms with Crippen molar-refractivity contribution in [3.05, 3.63) is 24.3 Å². The van der Waals surface area contributed by atoms with Gasteiger partial charge in [0, 0.05) is 26.2 Å². The number of guanidine groups is 1. The molecule has 4 rings (SSSR count). The van der Waals surface area contributed by atoms with Crippen LogP contribution in [0.2, 0.25) is 0 Å². The van der Waals surface area contributed by atoms with Crippen LogP contribution in [0.15, 0.2) is 29.3 Å². The van der Waals surface area contributed by atoms with Gasteiger partial charge in [-0.3, -0.25) is 10.1 Å². The van der Waals surface area contributed by atoms with E-state index < -0.39 is 11.5 Å². The van der Waals surface area contributed by atoms with Crippen LogP contribution in [0, 0.1) is 17.2 Å². The number of nitriles is 1. The molecule has 1 N–H and O–H groups in total. The minimum atomic E-state index is -0.681. The molecule has 1 unspecified atom stereocenters. The van der Waals surface area contributed by atoms with Gasteiger partial charge in [-0.2, -0.15) is 5.26 Å². The van der Waals surface area contributed by atoms with Gasteiger partial charge in [0.25, 0.3) is 0 Å². The summed E-state index contributed by atoms with van der Waals surface area (Å²) < 4.78 is 5.50. The topological polar surface area (TPSA) is 81.0 Å². The molecular weight excluding hydrogens is 366 g/mol. The van der Waals surface area contributed by atoms with E-state index in [2.05, 4.69) is 27.3 Å². The Labute approximate surface area is 172 Å². The smallest absolute Gasteiger partial charge is 0.246 e. The minimum absolute atomic E-state index is 0.188. The fourth-order valence-corrected chi connectivity index (χ4v) is 4.85. The molecule has 7 nitrogen and oxygen atoms in total. The molecule has 0 radical (unpaired) electrons.